The summed E-state index contributed by atoms with van der Waals surface area (Å²) in [6.45, 7) is 0. The molecule has 0 atom stereocenters. The van der Waals surface area contributed by atoms with Crippen molar-refractivity contribution >= 4 is 41.0 Å². The maximum atomic E-state index is 11.1. The lowest BCUT2D eigenvalue weighted by Gasteiger charge is -1.93. The molecule has 16 heavy (non-hydrogen) atoms. The van der Waals surface area contributed by atoms with Gasteiger partial charge in [0.05, 0.1) is 0 Å². The number of nitrogens with one attached hydrogen (secondary N) is 1. The highest BCUT2D eigenvalue weighted by atomic mass is 35.5. The van der Waals surface area contributed by atoms with Gasteiger partial charge in [-0.05, 0) is 11.8 Å². The van der Waals surface area contributed by atoms with Gasteiger partial charge >= 0.3 is 5.69 Å². The van der Waals surface area contributed by atoms with Crippen LogP contribution in [0.1, 0.15) is 9.67 Å². The van der Waals surface area contributed by atoms with Crippen molar-refractivity contribution in [1.82, 2.24) is 19.7 Å². The van der Waals surface area contributed by atoms with Gasteiger partial charge in [0.25, 0.3) is 0 Å². The predicted molar refractivity (Wildman–Crippen MR) is 60.5 cm³/mol. The third kappa shape index (κ3) is 2.04. The lowest BCUT2D eigenvalue weighted by molar-refractivity contribution is 0.112. The van der Waals surface area contributed by atoms with E-state index in [0.717, 1.165) is 11.3 Å². The van der Waals surface area contributed by atoms with Gasteiger partial charge in [-0.2, -0.15) is 0 Å². The van der Waals surface area contributed by atoms with Crippen molar-refractivity contribution in [3.8, 4) is 0 Å². The van der Waals surface area contributed by atoms with E-state index in [9.17, 15) is 9.59 Å². The first-order valence-corrected chi connectivity index (χ1v) is 6.03. The topological polar surface area (TPSA) is 80.6 Å². The van der Waals surface area contributed by atoms with Crippen molar-refractivity contribution in [2.45, 2.75) is 9.50 Å². The van der Waals surface area contributed by atoms with Gasteiger partial charge in [0.1, 0.15) is 4.88 Å². The minimum atomic E-state index is -0.305. The van der Waals surface area contributed by atoms with Crippen LogP contribution in [0.4, 0.5) is 0 Å². The summed E-state index contributed by atoms with van der Waals surface area (Å²) < 4.78 is 1.91. The second kappa shape index (κ2) is 4.40. The first-order chi connectivity index (χ1) is 7.61. The zero-order chi connectivity index (χ0) is 11.7. The Bertz CT molecular complexity index is 587. The zero-order valence-electron chi connectivity index (χ0n) is 7.93. The number of H-pyrrole nitrogens is 1. The molecular formula is C7H5ClN4O2S2. The molecule has 1 N–H and O–H groups in total. The highest BCUT2D eigenvalue weighted by Gasteiger charge is 2.13. The first-order valence-electron chi connectivity index (χ1n) is 4.02. The highest BCUT2D eigenvalue weighted by Crippen LogP contribution is 2.32. The van der Waals surface area contributed by atoms with Crippen molar-refractivity contribution in [3.05, 3.63) is 20.5 Å². The number of aromatic amines is 1. The van der Waals surface area contributed by atoms with E-state index in [1.165, 1.54) is 16.3 Å². The smallest absolute Gasteiger partial charge is 0.297 e. The predicted octanol–water partition coefficient (Wildman–Crippen LogP) is 1.18. The number of halogens is 1. The van der Waals surface area contributed by atoms with Crippen molar-refractivity contribution in [1.29, 1.82) is 0 Å². The maximum absolute atomic E-state index is 11.1. The van der Waals surface area contributed by atoms with Crippen molar-refractivity contribution in [2.75, 3.05) is 0 Å². The molecule has 2 rings (SSSR count). The van der Waals surface area contributed by atoms with Gasteiger partial charge in [-0.25, -0.2) is 14.9 Å². The van der Waals surface area contributed by atoms with E-state index in [2.05, 4.69) is 15.2 Å². The average molecular weight is 277 g/mol. The van der Waals surface area contributed by atoms with Crippen LogP contribution in [0.25, 0.3) is 0 Å². The number of aldehydes is 1. The standard InChI is InChI=1S/C7H5ClN4O2S2/c1-12-5(14)10-11-6(12)16-7-9-4(8)3(2-13)15-7/h2H,1H3,(H,10,14). The number of rotatable bonds is 3. The lowest BCUT2D eigenvalue weighted by Crippen LogP contribution is -2.12. The second-order valence-electron chi connectivity index (χ2n) is 2.73. The van der Waals surface area contributed by atoms with Crippen LogP contribution in [0.5, 0.6) is 0 Å². The summed E-state index contributed by atoms with van der Waals surface area (Å²) >= 11 is 8.04. The lowest BCUT2D eigenvalue weighted by atomic mass is 10.6. The molecule has 84 valence electrons. The molecule has 0 unspecified atom stereocenters. The van der Waals surface area contributed by atoms with Gasteiger partial charge < -0.3 is 0 Å². The number of carbonyl (C=O) groups is 1. The molecule has 0 saturated carbocycles. The number of nitrogens with zero attached hydrogens (tertiary/aromatic N) is 3. The molecule has 0 aliphatic rings. The van der Waals surface area contributed by atoms with E-state index in [1.807, 2.05) is 0 Å². The Kier molecular flexibility index (Phi) is 3.13. The van der Waals surface area contributed by atoms with Crippen LogP contribution >= 0.6 is 34.7 Å². The quantitative estimate of drug-likeness (QED) is 0.852. The minimum Gasteiger partial charge on any atom is -0.297 e. The molecule has 6 nitrogen and oxygen atoms in total. The van der Waals surface area contributed by atoms with Crippen LogP contribution in [0.3, 0.4) is 0 Å². The minimum absolute atomic E-state index is 0.169. The highest BCUT2D eigenvalue weighted by molar-refractivity contribution is 8.00. The van der Waals surface area contributed by atoms with Crippen molar-refractivity contribution < 1.29 is 4.79 Å². The summed E-state index contributed by atoms with van der Waals surface area (Å²) in [7, 11) is 1.59. The van der Waals surface area contributed by atoms with Crippen LogP contribution in [0.2, 0.25) is 5.15 Å². The van der Waals surface area contributed by atoms with Crippen LogP contribution in [0.15, 0.2) is 14.3 Å². The molecule has 2 aromatic heterocycles. The van der Waals surface area contributed by atoms with Gasteiger partial charge in [-0.15, -0.1) is 16.4 Å². The van der Waals surface area contributed by atoms with Crippen molar-refractivity contribution in [2.24, 2.45) is 7.05 Å². The average Bonchev–Trinajstić information content (AvgIpc) is 2.76. The molecule has 2 aromatic rings. The van der Waals surface area contributed by atoms with Crippen molar-refractivity contribution in [3.63, 3.8) is 0 Å². The molecule has 0 radical (unpaired) electrons. The van der Waals surface area contributed by atoms with Crippen LogP contribution in [-0.2, 0) is 7.05 Å². The molecule has 2 heterocycles. The molecule has 0 bridgehead atoms. The Labute approximate surface area is 103 Å². The third-order valence-electron chi connectivity index (χ3n) is 1.71. The zero-order valence-corrected chi connectivity index (χ0v) is 10.3. The number of carbonyl (C=O) groups excluding carboxylic acids is 1. The monoisotopic (exact) mass is 276 g/mol. The largest absolute Gasteiger partial charge is 0.343 e. The van der Waals surface area contributed by atoms with Crippen LogP contribution in [0, 0.1) is 0 Å². The van der Waals surface area contributed by atoms with Gasteiger partial charge in [-0.1, -0.05) is 11.6 Å². The van der Waals surface area contributed by atoms with E-state index in [4.69, 9.17) is 11.6 Å². The fraction of sp³-hybridized carbons (Fsp3) is 0.143. The number of aromatic nitrogens is 4. The summed E-state index contributed by atoms with van der Waals surface area (Å²) in [6, 6.07) is 0. The molecular weight excluding hydrogens is 272 g/mol. The fourth-order valence-electron chi connectivity index (χ4n) is 0.912. The summed E-state index contributed by atoms with van der Waals surface area (Å²) in [4.78, 5) is 26.0. The molecule has 0 amide bonds. The van der Waals surface area contributed by atoms with Crippen LogP contribution < -0.4 is 5.69 Å². The fourth-order valence-corrected chi connectivity index (χ4v) is 3.02. The molecule has 9 heteroatoms. The third-order valence-corrected chi connectivity index (χ3v) is 4.20. The van der Waals surface area contributed by atoms with E-state index >= 15 is 0 Å². The second-order valence-corrected chi connectivity index (χ2v) is 5.33. The van der Waals surface area contributed by atoms with Gasteiger partial charge in [-0.3, -0.25) is 9.36 Å². The molecule has 0 fully saturated rings. The van der Waals surface area contributed by atoms with Gasteiger partial charge in [0, 0.05) is 7.05 Å². The Morgan fingerprint density at radius 3 is 2.88 bits per heavy atom. The Balaban J connectivity index is 2.30. The van der Waals surface area contributed by atoms with E-state index in [-0.39, 0.29) is 10.8 Å². The SMILES string of the molecule is Cn1c(Sc2nc(Cl)c(C=O)s2)n[nH]c1=O. The van der Waals surface area contributed by atoms with E-state index in [1.54, 1.807) is 7.05 Å². The Hall–Kier alpha value is -1.12. The van der Waals surface area contributed by atoms with Gasteiger partial charge in [0.2, 0.25) is 0 Å². The van der Waals surface area contributed by atoms with Crippen LogP contribution in [-0.4, -0.2) is 26.0 Å². The number of hydrogen-bond acceptors (Lipinski definition) is 6. The normalized spacial score (nSPS) is 10.6. The summed E-state index contributed by atoms with van der Waals surface area (Å²) in [5, 5.41) is 6.74. The molecule has 0 saturated heterocycles. The summed E-state index contributed by atoms with van der Waals surface area (Å²) in [6.07, 6.45) is 0.646. The number of hydrogen-bond donors (Lipinski definition) is 1. The Morgan fingerprint density at radius 2 is 2.38 bits per heavy atom. The molecule has 0 aromatic carbocycles. The van der Waals surface area contributed by atoms with E-state index < -0.39 is 0 Å². The van der Waals surface area contributed by atoms with E-state index in [0.29, 0.717) is 20.7 Å². The number of thiazole rings is 1. The molecule has 0 aliphatic carbocycles. The van der Waals surface area contributed by atoms with Gasteiger partial charge in [0.15, 0.2) is 20.9 Å². The maximum Gasteiger partial charge on any atom is 0.343 e. The summed E-state index contributed by atoms with van der Waals surface area (Å²) in [5.41, 5.74) is -0.305. The first kappa shape index (κ1) is 11.4. The molecule has 0 spiro atoms. The summed E-state index contributed by atoms with van der Waals surface area (Å²) in [5.74, 6) is 0. The Morgan fingerprint density at radius 1 is 1.62 bits per heavy atom. The molecule has 0 aliphatic heterocycles.